The summed E-state index contributed by atoms with van der Waals surface area (Å²) in [4.78, 5) is 0. The molecule has 1 fully saturated rings. The molecule has 1 aliphatic rings. The second kappa shape index (κ2) is 8.18. The zero-order chi connectivity index (χ0) is 13.3. The number of nitrogens with one attached hydrogen (secondary N) is 1. The number of hydrogen-bond donors (Lipinski definition) is 1. The minimum Gasteiger partial charge on any atom is -0.491 e. The molecule has 3 nitrogen and oxygen atoms in total. The molecule has 1 aliphatic carbocycles. The first-order chi connectivity index (χ1) is 9.40. The maximum Gasteiger partial charge on any atom is 0.119 e. The summed E-state index contributed by atoms with van der Waals surface area (Å²) in [5.41, 5.74) is 0. The fraction of sp³-hybridized carbons (Fsp3) is 0.625. The van der Waals surface area contributed by atoms with Crippen LogP contribution in [0.4, 0.5) is 0 Å². The highest BCUT2D eigenvalue weighted by molar-refractivity contribution is 5.20. The largest absolute Gasteiger partial charge is 0.491 e. The Morgan fingerprint density at radius 1 is 1.21 bits per heavy atom. The van der Waals surface area contributed by atoms with E-state index in [1.807, 2.05) is 30.3 Å². The second-order valence-electron chi connectivity index (χ2n) is 5.13. The molecular weight excluding hydrogens is 238 g/mol. The van der Waals surface area contributed by atoms with Crippen molar-refractivity contribution in [3.63, 3.8) is 0 Å². The highest BCUT2D eigenvalue weighted by Crippen LogP contribution is 2.32. The van der Waals surface area contributed by atoms with E-state index in [9.17, 15) is 0 Å². The van der Waals surface area contributed by atoms with Gasteiger partial charge in [0.25, 0.3) is 0 Å². The molecule has 0 amide bonds. The number of rotatable bonds is 10. The maximum absolute atomic E-state index is 5.73. The molecule has 1 saturated carbocycles. The van der Waals surface area contributed by atoms with Crippen molar-refractivity contribution < 1.29 is 9.47 Å². The van der Waals surface area contributed by atoms with Crippen molar-refractivity contribution in [1.82, 2.24) is 5.32 Å². The summed E-state index contributed by atoms with van der Waals surface area (Å²) in [6, 6.07) is 10.4. The summed E-state index contributed by atoms with van der Waals surface area (Å²) in [5.74, 6) is 1.75. The molecule has 0 aliphatic heterocycles. The van der Waals surface area contributed by atoms with Crippen molar-refractivity contribution >= 4 is 0 Å². The molecule has 1 atom stereocenters. The molecule has 3 heteroatoms. The van der Waals surface area contributed by atoms with Crippen molar-refractivity contribution in [3.8, 4) is 5.75 Å². The minimum absolute atomic E-state index is 0.539. The lowest BCUT2D eigenvalue weighted by Crippen LogP contribution is -2.36. The van der Waals surface area contributed by atoms with Crippen LogP contribution in [-0.2, 0) is 4.74 Å². The van der Waals surface area contributed by atoms with Gasteiger partial charge in [-0.3, -0.25) is 0 Å². The Morgan fingerprint density at radius 2 is 2.00 bits per heavy atom. The molecule has 0 heterocycles. The number of ether oxygens (including phenoxy) is 2. The van der Waals surface area contributed by atoms with Gasteiger partial charge in [-0.1, -0.05) is 25.1 Å². The molecular formula is C16H25NO2. The first kappa shape index (κ1) is 14.4. The van der Waals surface area contributed by atoms with Crippen molar-refractivity contribution in [2.24, 2.45) is 5.92 Å². The first-order valence-corrected chi connectivity index (χ1v) is 7.39. The molecule has 1 N–H and O–H groups in total. The highest BCUT2D eigenvalue weighted by Gasteiger charge is 2.30. The summed E-state index contributed by atoms with van der Waals surface area (Å²) in [7, 11) is 0. The summed E-state index contributed by atoms with van der Waals surface area (Å²) in [6.07, 6.45) is 3.89. The Hall–Kier alpha value is -1.06. The average molecular weight is 263 g/mol. The predicted octanol–water partition coefficient (Wildman–Crippen LogP) is 2.86. The lowest BCUT2D eigenvalue weighted by Gasteiger charge is -2.18. The van der Waals surface area contributed by atoms with E-state index in [4.69, 9.17) is 9.47 Å². The van der Waals surface area contributed by atoms with Gasteiger partial charge in [-0.05, 0) is 43.9 Å². The standard InChI is InChI=1S/C16H25NO2/c1-2-10-17-16(14-8-9-14)13-18-11-12-19-15-6-4-3-5-7-15/h3-7,14,16-17H,2,8-13H2,1H3. The topological polar surface area (TPSA) is 30.5 Å². The van der Waals surface area contributed by atoms with Crippen LogP contribution in [0.2, 0.25) is 0 Å². The van der Waals surface area contributed by atoms with Gasteiger partial charge in [0.15, 0.2) is 0 Å². The fourth-order valence-electron chi connectivity index (χ4n) is 2.14. The third-order valence-electron chi connectivity index (χ3n) is 3.38. The molecule has 2 rings (SSSR count). The van der Waals surface area contributed by atoms with E-state index in [2.05, 4.69) is 12.2 Å². The summed E-state index contributed by atoms with van der Waals surface area (Å²) < 4.78 is 11.3. The summed E-state index contributed by atoms with van der Waals surface area (Å²) >= 11 is 0. The molecule has 1 aromatic rings. The van der Waals surface area contributed by atoms with Crippen molar-refractivity contribution in [3.05, 3.63) is 30.3 Å². The third kappa shape index (κ3) is 5.62. The molecule has 1 aromatic carbocycles. The molecule has 19 heavy (non-hydrogen) atoms. The van der Waals surface area contributed by atoms with Gasteiger partial charge in [0.2, 0.25) is 0 Å². The Labute approximate surface area is 116 Å². The number of hydrogen-bond acceptors (Lipinski definition) is 3. The van der Waals surface area contributed by atoms with Crippen LogP contribution in [-0.4, -0.2) is 32.4 Å². The van der Waals surface area contributed by atoms with Crippen molar-refractivity contribution in [2.75, 3.05) is 26.4 Å². The molecule has 0 radical (unpaired) electrons. The summed E-state index contributed by atoms with van der Waals surface area (Å²) in [5, 5.41) is 3.57. The molecule has 1 unspecified atom stereocenters. The van der Waals surface area contributed by atoms with Crippen LogP contribution < -0.4 is 10.1 Å². The Morgan fingerprint density at radius 3 is 2.68 bits per heavy atom. The predicted molar refractivity (Wildman–Crippen MR) is 77.6 cm³/mol. The second-order valence-corrected chi connectivity index (χ2v) is 5.13. The molecule has 0 bridgehead atoms. The number of para-hydroxylation sites is 1. The monoisotopic (exact) mass is 263 g/mol. The summed E-state index contributed by atoms with van der Waals surface area (Å²) in [6.45, 7) is 5.38. The van der Waals surface area contributed by atoms with Gasteiger partial charge in [-0.15, -0.1) is 0 Å². The molecule has 0 saturated heterocycles. The van der Waals surface area contributed by atoms with E-state index in [-0.39, 0.29) is 0 Å². The van der Waals surface area contributed by atoms with Gasteiger partial charge >= 0.3 is 0 Å². The molecule has 0 spiro atoms. The van der Waals surface area contributed by atoms with E-state index in [0.717, 1.165) is 24.8 Å². The molecule has 0 aromatic heterocycles. The molecule has 106 valence electrons. The Balaban J connectivity index is 1.55. The van der Waals surface area contributed by atoms with Crippen LogP contribution in [0.1, 0.15) is 26.2 Å². The lowest BCUT2D eigenvalue weighted by atomic mass is 10.2. The first-order valence-electron chi connectivity index (χ1n) is 7.39. The fourth-order valence-corrected chi connectivity index (χ4v) is 2.14. The zero-order valence-corrected chi connectivity index (χ0v) is 11.8. The third-order valence-corrected chi connectivity index (χ3v) is 3.38. The Kier molecular flexibility index (Phi) is 6.18. The minimum atomic E-state index is 0.539. The maximum atomic E-state index is 5.73. The van der Waals surface area contributed by atoms with E-state index in [1.165, 1.54) is 19.3 Å². The van der Waals surface area contributed by atoms with Crippen LogP contribution >= 0.6 is 0 Å². The van der Waals surface area contributed by atoms with Gasteiger partial charge in [0.05, 0.1) is 13.2 Å². The van der Waals surface area contributed by atoms with Crippen LogP contribution in [0.5, 0.6) is 5.75 Å². The normalized spacial score (nSPS) is 16.3. The van der Waals surface area contributed by atoms with Gasteiger partial charge in [0.1, 0.15) is 12.4 Å². The smallest absolute Gasteiger partial charge is 0.119 e. The quantitative estimate of drug-likeness (QED) is 0.658. The lowest BCUT2D eigenvalue weighted by molar-refractivity contribution is 0.0790. The van der Waals surface area contributed by atoms with Gasteiger partial charge in [-0.25, -0.2) is 0 Å². The Bertz CT molecular complexity index is 338. The van der Waals surface area contributed by atoms with Crippen LogP contribution in [0.25, 0.3) is 0 Å². The van der Waals surface area contributed by atoms with Crippen LogP contribution in [0, 0.1) is 5.92 Å². The van der Waals surface area contributed by atoms with E-state index in [1.54, 1.807) is 0 Å². The average Bonchev–Trinajstić information content (AvgIpc) is 3.27. The SMILES string of the molecule is CCCNC(COCCOc1ccccc1)C1CC1. The van der Waals surface area contributed by atoms with Gasteiger partial charge < -0.3 is 14.8 Å². The van der Waals surface area contributed by atoms with E-state index < -0.39 is 0 Å². The van der Waals surface area contributed by atoms with E-state index >= 15 is 0 Å². The number of benzene rings is 1. The van der Waals surface area contributed by atoms with Crippen LogP contribution in [0.3, 0.4) is 0 Å². The van der Waals surface area contributed by atoms with Crippen LogP contribution in [0.15, 0.2) is 30.3 Å². The highest BCUT2D eigenvalue weighted by atomic mass is 16.5. The van der Waals surface area contributed by atoms with Gasteiger partial charge in [0, 0.05) is 6.04 Å². The van der Waals surface area contributed by atoms with Gasteiger partial charge in [-0.2, -0.15) is 0 Å². The van der Waals surface area contributed by atoms with E-state index in [0.29, 0.717) is 19.3 Å². The van der Waals surface area contributed by atoms with Crippen molar-refractivity contribution in [1.29, 1.82) is 0 Å². The van der Waals surface area contributed by atoms with Crippen molar-refractivity contribution in [2.45, 2.75) is 32.2 Å². The zero-order valence-electron chi connectivity index (χ0n) is 11.8.